The normalized spacial score (nSPS) is 15.6. The van der Waals surface area contributed by atoms with E-state index in [2.05, 4.69) is 10.6 Å². The molecule has 1 heterocycles. The first-order valence-electron chi connectivity index (χ1n) is 11.5. The lowest BCUT2D eigenvalue weighted by Crippen LogP contribution is -2.52. The number of urea groups is 1. The molecule has 1 saturated carbocycles. The third-order valence-corrected chi connectivity index (χ3v) is 6.54. The van der Waals surface area contributed by atoms with Crippen LogP contribution in [0, 0.1) is 0 Å². The number of nitrogens with one attached hydrogen (secondary N) is 2. The molecule has 0 aromatic heterocycles. The molecule has 1 aliphatic carbocycles. The van der Waals surface area contributed by atoms with Gasteiger partial charge in [-0.3, -0.25) is 14.5 Å². The molecule has 2 aromatic rings. The number of nitrogens with zero attached hydrogens (tertiary/aromatic N) is 2. The third-order valence-electron chi connectivity index (χ3n) is 6.25. The molecule has 9 nitrogen and oxygen atoms in total. The Kier molecular flexibility index (Phi) is 7.65. The monoisotopic (exact) mass is 500 g/mol. The van der Waals surface area contributed by atoms with Crippen molar-refractivity contribution in [3.8, 4) is 11.5 Å². The minimum atomic E-state index is -0.440. The Morgan fingerprint density at radius 1 is 1.03 bits per heavy atom. The van der Waals surface area contributed by atoms with Crippen molar-refractivity contribution in [2.45, 2.75) is 38.3 Å². The number of benzene rings is 2. The van der Waals surface area contributed by atoms with Gasteiger partial charge < -0.3 is 25.0 Å². The van der Waals surface area contributed by atoms with E-state index in [1.165, 1.54) is 30.1 Å². The predicted molar refractivity (Wildman–Crippen MR) is 133 cm³/mol. The fourth-order valence-corrected chi connectivity index (χ4v) is 4.78. The molecule has 1 fully saturated rings. The first kappa shape index (κ1) is 24.7. The summed E-state index contributed by atoms with van der Waals surface area (Å²) in [5.74, 6) is 0.153. The fourth-order valence-electron chi connectivity index (χ4n) is 4.54. The largest absolute Gasteiger partial charge is 0.495 e. The zero-order valence-electron chi connectivity index (χ0n) is 19.8. The van der Waals surface area contributed by atoms with Gasteiger partial charge in [0.15, 0.2) is 0 Å². The average molecular weight is 501 g/mol. The highest BCUT2D eigenvalue weighted by molar-refractivity contribution is 6.32. The van der Waals surface area contributed by atoms with E-state index in [1.807, 2.05) is 18.2 Å². The Bertz CT molecular complexity index is 1120. The summed E-state index contributed by atoms with van der Waals surface area (Å²) in [4.78, 5) is 41.8. The molecule has 4 rings (SSSR count). The number of ether oxygens (including phenoxy) is 2. The maximum atomic E-state index is 13.3. The first-order valence-corrected chi connectivity index (χ1v) is 11.9. The molecule has 10 heteroatoms. The van der Waals surface area contributed by atoms with Gasteiger partial charge in [0.05, 0.1) is 37.2 Å². The Balaban J connectivity index is 1.49. The van der Waals surface area contributed by atoms with E-state index in [1.54, 1.807) is 12.1 Å². The predicted octanol–water partition coefficient (Wildman–Crippen LogP) is 3.80. The average Bonchev–Trinajstić information content (AvgIpc) is 3.34. The zero-order valence-corrected chi connectivity index (χ0v) is 20.6. The first-order chi connectivity index (χ1) is 16.9. The molecule has 0 spiro atoms. The highest BCUT2D eigenvalue weighted by Gasteiger charge is 2.33. The Hall–Kier alpha value is -3.46. The van der Waals surface area contributed by atoms with E-state index in [-0.39, 0.29) is 25.0 Å². The summed E-state index contributed by atoms with van der Waals surface area (Å²) < 4.78 is 10.5. The van der Waals surface area contributed by atoms with Gasteiger partial charge in [-0.15, -0.1) is 0 Å². The molecule has 2 aliphatic rings. The van der Waals surface area contributed by atoms with Crippen LogP contribution in [0.2, 0.25) is 5.02 Å². The van der Waals surface area contributed by atoms with E-state index in [9.17, 15) is 14.4 Å². The summed E-state index contributed by atoms with van der Waals surface area (Å²) in [5, 5.41) is 6.09. The van der Waals surface area contributed by atoms with Crippen LogP contribution in [-0.4, -0.2) is 56.1 Å². The van der Waals surface area contributed by atoms with Crippen molar-refractivity contribution in [2.24, 2.45) is 0 Å². The van der Waals surface area contributed by atoms with E-state index in [4.69, 9.17) is 21.1 Å². The number of carbonyl (C=O) groups is 3. The van der Waals surface area contributed by atoms with Crippen molar-refractivity contribution in [2.75, 3.05) is 37.5 Å². The lowest BCUT2D eigenvalue weighted by Gasteiger charge is -2.36. The van der Waals surface area contributed by atoms with Gasteiger partial charge in [-0.05, 0) is 30.5 Å². The van der Waals surface area contributed by atoms with Crippen LogP contribution in [0.5, 0.6) is 11.5 Å². The smallest absolute Gasteiger partial charge is 0.325 e. The van der Waals surface area contributed by atoms with Gasteiger partial charge in [-0.2, -0.15) is 0 Å². The molecule has 0 unspecified atom stereocenters. The number of methoxy groups -OCH3 is 2. The van der Waals surface area contributed by atoms with Crippen LogP contribution in [0.25, 0.3) is 0 Å². The second kappa shape index (κ2) is 10.9. The van der Waals surface area contributed by atoms with Crippen molar-refractivity contribution in [1.82, 2.24) is 10.2 Å². The molecule has 186 valence electrons. The van der Waals surface area contributed by atoms with Gasteiger partial charge >= 0.3 is 6.03 Å². The quantitative estimate of drug-likeness (QED) is 0.574. The van der Waals surface area contributed by atoms with Crippen molar-refractivity contribution in [3.63, 3.8) is 0 Å². The van der Waals surface area contributed by atoms with Crippen LogP contribution in [0.3, 0.4) is 0 Å². The third kappa shape index (κ3) is 5.62. The van der Waals surface area contributed by atoms with Gasteiger partial charge in [0.1, 0.15) is 24.6 Å². The minimum absolute atomic E-state index is 0.0658. The lowest BCUT2D eigenvalue weighted by molar-refractivity contribution is -0.122. The molecule has 0 bridgehead atoms. The number of carbonyl (C=O) groups excluding carboxylic acids is 3. The number of rotatable bonds is 8. The molecule has 2 aromatic carbocycles. The van der Waals surface area contributed by atoms with Gasteiger partial charge in [0.2, 0.25) is 11.8 Å². The van der Waals surface area contributed by atoms with Crippen molar-refractivity contribution >= 4 is 40.8 Å². The number of para-hydroxylation sites is 1. The summed E-state index contributed by atoms with van der Waals surface area (Å²) in [6, 6.07) is 10.2. The van der Waals surface area contributed by atoms with Gasteiger partial charge in [0.25, 0.3) is 0 Å². The van der Waals surface area contributed by atoms with Crippen LogP contribution < -0.4 is 25.0 Å². The Labute approximate surface area is 209 Å². The SMILES string of the molecule is COc1cc(OC)c(NC(=O)CN2C(=O)N(CC(=O)NC3CCCC3)Cc3ccccc32)cc1Cl. The molecular formula is C25H29ClN4O5. The molecule has 0 radical (unpaired) electrons. The van der Waals surface area contributed by atoms with Gasteiger partial charge in [-0.25, -0.2) is 4.79 Å². The summed E-state index contributed by atoms with van der Waals surface area (Å²) in [6.07, 6.45) is 4.14. The van der Waals surface area contributed by atoms with Crippen LogP contribution in [-0.2, 0) is 16.1 Å². The summed E-state index contributed by atoms with van der Waals surface area (Å²) in [5.41, 5.74) is 1.85. The number of halogens is 1. The Morgan fingerprint density at radius 2 is 1.74 bits per heavy atom. The van der Waals surface area contributed by atoms with Crippen LogP contribution in [0.15, 0.2) is 36.4 Å². The summed E-state index contributed by atoms with van der Waals surface area (Å²) in [7, 11) is 2.95. The van der Waals surface area contributed by atoms with Gasteiger partial charge in [0, 0.05) is 12.1 Å². The molecule has 0 atom stereocenters. The second-order valence-corrected chi connectivity index (χ2v) is 9.04. The van der Waals surface area contributed by atoms with Crippen LogP contribution >= 0.6 is 11.6 Å². The number of amides is 4. The number of hydrogen-bond acceptors (Lipinski definition) is 5. The van der Waals surface area contributed by atoms with Crippen molar-refractivity contribution in [3.05, 3.63) is 47.0 Å². The number of fused-ring (bicyclic) bond motifs is 1. The van der Waals surface area contributed by atoms with Gasteiger partial charge in [-0.1, -0.05) is 42.6 Å². The molecule has 1 aliphatic heterocycles. The number of anilines is 2. The van der Waals surface area contributed by atoms with E-state index < -0.39 is 11.9 Å². The topological polar surface area (TPSA) is 100 Å². The van der Waals surface area contributed by atoms with Crippen molar-refractivity contribution < 1.29 is 23.9 Å². The molecule has 2 N–H and O–H groups in total. The lowest BCUT2D eigenvalue weighted by atomic mass is 10.1. The standard InChI is InChI=1S/C25H29ClN4O5/c1-34-21-12-22(35-2)19(11-18(21)26)28-24(32)15-30-20-10-6-3-7-16(20)13-29(25(30)33)14-23(31)27-17-8-4-5-9-17/h3,6-7,10-12,17H,4-5,8-9,13-15H2,1-2H3,(H,27,31)(H,28,32). The Morgan fingerprint density at radius 3 is 2.46 bits per heavy atom. The highest BCUT2D eigenvalue weighted by atomic mass is 35.5. The van der Waals surface area contributed by atoms with E-state index in [0.29, 0.717) is 34.4 Å². The van der Waals surface area contributed by atoms with Crippen LogP contribution in [0.4, 0.5) is 16.2 Å². The summed E-state index contributed by atoms with van der Waals surface area (Å²) in [6.45, 7) is -0.0137. The maximum Gasteiger partial charge on any atom is 0.325 e. The molecule has 35 heavy (non-hydrogen) atoms. The minimum Gasteiger partial charge on any atom is -0.495 e. The summed E-state index contributed by atoms with van der Waals surface area (Å²) >= 11 is 6.21. The van der Waals surface area contributed by atoms with Crippen molar-refractivity contribution in [1.29, 1.82) is 0 Å². The second-order valence-electron chi connectivity index (χ2n) is 8.64. The highest BCUT2D eigenvalue weighted by Crippen LogP contribution is 2.36. The van der Waals surface area contributed by atoms with E-state index in [0.717, 1.165) is 31.2 Å². The zero-order chi connectivity index (χ0) is 24.9. The maximum absolute atomic E-state index is 13.3. The molecule has 4 amide bonds. The fraction of sp³-hybridized carbons (Fsp3) is 0.400. The van der Waals surface area contributed by atoms with Crippen LogP contribution in [0.1, 0.15) is 31.2 Å². The number of hydrogen-bond donors (Lipinski definition) is 2. The van der Waals surface area contributed by atoms with E-state index >= 15 is 0 Å². The molecule has 0 saturated heterocycles. The molecular weight excluding hydrogens is 472 g/mol.